The number of unbranched alkanes of at least 4 members (excludes halogenated alkanes) is 28. The fourth-order valence-electron chi connectivity index (χ4n) is 6.31. The molecule has 51 heavy (non-hydrogen) atoms. The van der Waals surface area contributed by atoms with Crippen LogP contribution in [0.1, 0.15) is 226 Å². The number of hydrogen-bond donors (Lipinski definition) is 2. The first kappa shape index (κ1) is 49.8. The quantitative estimate of drug-likeness (QED) is 0.0275. The van der Waals surface area contributed by atoms with E-state index in [-0.39, 0.29) is 19.4 Å². The topological polar surface area (TPSA) is 119 Å². The van der Waals surface area contributed by atoms with Crippen LogP contribution in [0.25, 0.3) is 0 Å². The molecule has 0 unspecified atom stereocenters. The van der Waals surface area contributed by atoms with Gasteiger partial charge in [-0.25, -0.2) is 4.57 Å². The molecule has 302 valence electrons. The lowest BCUT2D eigenvalue weighted by atomic mass is 10.0. The van der Waals surface area contributed by atoms with Gasteiger partial charge in [-0.1, -0.05) is 187 Å². The predicted molar refractivity (Wildman–Crippen MR) is 212 cm³/mol. The maximum atomic E-state index is 12.4. The number of phosphoric ester groups is 1. The molecule has 0 spiro atoms. The van der Waals surface area contributed by atoms with Crippen molar-refractivity contribution < 1.29 is 37.9 Å². The SMILES string of the molecule is CCCCCCCCCCC/C=C/CCCCC(=O)O[C@H](COC(=O)CCCCCCCCCCCCCCCCCCCC)COP(=O)(O)O. The van der Waals surface area contributed by atoms with Crippen LogP contribution in [0.15, 0.2) is 12.2 Å². The summed E-state index contributed by atoms with van der Waals surface area (Å²) in [6, 6.07) is 0. The van der Waals surface area contributed by atoms with Crippen molar-refractivity contribution >= 4 is 19.8 Å². The highest BCUT2D eigenvalue weighted by atomic mass is 31.2. The maximum absolute atomic E-state index is 12.4. The fourth-order valence-corrected chi connectivity index (χ4v) is 6.67. The summed E-state index contributed by atoms with van der Waals surface area (Å²) in [5.41, 5.74) is 0. The molecule has 2 N–H and O–H groups in total. The van der Waals surface area contributed by atoms with Crippen molar-refractivity contribution in [2.24, 2.45) is 0 Å². The third-order valence-electron chi connectivity index (χ3n) is 9.53. The normalized spacial score (nSPS) is 12.5. The van der Waals surface area contributed by atoms with Crippen LogP contribution in [0.5, 0.6) is 0 Å². The van der Waals surface area contributed by atoms with E-state index in [0.717, 1.165) is 38.5 Å². The van der Waals surface area contributed by atoms with Crippen molar-refractivity contribution in [3.8, 4) is 0 Å². The zero-order valence-electron chi connectivity index (χ0n) is 33.3. The summed E-state index contributed by atoms with van der Waals surface area (Å²) in [6.07, 6.45) is 42.2. The first-order valence-electron chi connectivity index (χ1n) is 21.5. The van der Waals surface area contributed by atoms with E-state index < -0.39 is 32.5 Å². The van der Waals surface area contributed by atoms with Crippen LogP contribution in [-0.4, -0.2) is 41.0 Å². The molecule has 8 nitrogen and oxygen atoms in total. The molecule has 0 radical (unpaired) electrons. The van der Waals surface area contributed by atoms with Crippen LogP contribution in [0.2, 0.25) is 0 Å². The van der Waals surface area contributed by atoms with Crippen molar-refractivity contribution in [2.45, 2.75) is 232 Å². The minimum atomic E-state index is -4.75. The highest BCUT2D eigenvalue weighted by Crippen LogP contribution is 2.36. The molecule has 0 amide bonds. The van der Waals surface area contributed by atoms with E-state index in [1.54, 1.807) is 0 Å². The van der Waals surface area contributed by atoms with E-state index in [1.165, 1.54) is 154 Å². The van der Waals surface area contributed by atoms with Crippen molar-refractivity contribution in [1.29, 1.82) is 0 Å². The Kier molecular flexibility index (Phi) is 37.6. The average molecular weight is 745 g/mol. The van der Waals surface area contributed by atoms with Gasteiger partial charge in [-0.3, -0.25) is 14.1 Å². The van der Waals surface area contributed by atoms with E-state index in [4.69, 9.17) is 19.3 Å². The molecule has 0 rings (SSSR count). The van der Waals surface area contributed by atoms with Crippen LogP contribution < -0.4 is 0 Å². The van der Waals surface area contributed by atoms with E-state index >= 15 is 0 Å². The van der Waals surface area contributed by atoms with Crippen LogP contribution in [0, 0.1) is 0 Å². The van der Waals surface area contributed by atoms with Gasteiger partial charge in [-0.05, 0) is 38.5 Å². The molecule has 0 fully saturated rings. The van der Waals surface area contributed by atoms with E-state index in [1.807, 2.05) is 0 Å². The molecular weight excluding hydrogens is 663 g/mol. The first-order chi connectivity index (χ1) is 24.8. The Balaban J connectivity index is 3.88. The second kappa shape index (κ2) is 38.5. The first-order valence-corrected chi connectivity index (χ1v) is 23.0. The number of rotatable bonds is 40. The van der Waals surface area contributed by atoms with Gasteiger partial charge in [0.25, 0.3) is 0 Å². The number of hydrogen-bond acceptors (Lipinski definition) is 6. The maximum Gasteiger partial charge on any atom is 0.469 e. The number of carbonyl (C=O) groups excluding carboxylic acids is 2. The number of ether oxygens (including phenoxy) is 2. The van der Waals surface area contributed by atoms with Gasteiger partial charge in [0.05, 0.1) is 6.61 Å². The molecule has 0 aliphatic heterocycles. The summed E-state index contributed by atoms with van der Waals surface area (Å²) in [5.74, 6) is -0.898. The lowest BCUT2D eigenvalue weighted by molar-refractivity contribution is -0.161. The van der Waals surface area contributed by atoms with E-state index in [0.29, 0.717) is 6.42 Å². The molecule has 0 aromatic heterocycles. The summed E-state index contributed by atoms with van der Waals surface area (Å²) in [6.45, 7) is 3.69. The highest BCUT2D eigenvalue weighted by molar-refractivity contribution is 7.46. The Bertz CT molecular complexity index is 843. The summed E-state index contributed by atoms with van der Waals surface area (Å²) in [5, 5.41) is 0. The van der Waals surface area contributed by atoms with E-state index in [9.17, 15) is 14.2 Å². The van der Waals surface area contributed by atoms with Crippen molar-refractivity contribution in [3.05, 3.63) is 12.2 Å². The zero-order chi connectivity index (χ0) is 37.5. The lowest BCUT2D eigenvalue weighted by Gasteiger charge is -2.18. The third kappa shape index (κ3) is 41.4. The summed E-state index contributed by atoms with van der Waals surface area (Å²) in [7, 11) is -4.75. The Morgan fingerprint density at radius 2 is 0.824 bits per heavy atom. The van der Waals surface area contributed by atoms with Crippen LogP contribution in [0.3, 0.4) is 0 Å². The van der Waals surface area contributed by atoms with Crippen molar-refractivity contribution in [3.63, 3.8) is 0 Å². The van der Waals surface area contributed by atoms with Crippen molar-refractivity contribution in [2.75, 3.05) is 13.2 Å². The number of phosphoric acid groups is 1. The minimum absolute atomic E-state index is 0.186. The van der Waals surface area contributed by atoms with Crippen LogP contribution in [0.4, 0.5) is 0 Å². The molecule has 0 aliphatic carbocycles. The summed E-state index contributed by atoms with van der Waals surface area (Å²) >= 11 is 0. The smallest absolute Gasteiger partial charge is 0.462 e. The van der Waals surface area contributed by atoms with Gasteiger partial charge < -0.3 is 19.3 Å². The summed E-state index contributed by atoms with van der Waals surface area (Å²) in [4.78, 5) is 42.8. The Morgan fingerprint density at radius 3 is 1.24 bits per heavy atom. The van der Waals surface area contributed by atoms with E-state index in [2.05, 4.69) is 30.5 Å². The molecule has 0 bridgehead atoms. The molecule has 0 aromatic rings. The van der Waals surface area contributed by atoms with Crippen molar-refractivity contribution in [1.82, 2.24) is 0 Å². The van der Waals surface area contributed by atoms with Gasteiger partial charge in [0, 0.05) is 12.8 Å². The minimum Gasteiger partial charge on any atom is -0.462 e. The Labute approximate surface area is 314 Å². The molecule has 9 heteroatoms. The third-order valence-corrected chi connectivity index (χ3v) is 10.0. The molecular formula is C42H81O8P. The fraction of sp³-hybridized carbons (Fsp3) is 0.905. The zero-order valence-corrected chi connectivity index (χ0v) is 34.2. The monoisotopic (exact) mass is 745 g/mol. The second-order valence-electron chi connectivity index (χ2n) is 14.7. The van der Waals surface area contributed by atoms with Gasteiger partial charge in [0.15, 0.2) is 6.10 Å². The van der Waals surface area contributed by atoms with Crippen LogP contribution in [-0.2, 0) is 28.2 Å². The molecule has 0 saturated heterocycles. The number of carbonyl (C=O) groups is 2. The van der Waals surface area contributed by atoms with Gasteiger partial charge in [0.2, 0.25) is 0 Å². The number of allylic oxidation sites excluding steroid dienone is 2. The Hall–Kier alpha value is -1.21. The van der Waals surface area contributed by atoms with Gasteiger partial charge in [-0.2, -0.15) is 0 Å². The molecule has 0 saturated carbocycles. The van der Waals surface area contributed by atoms with Gasteiger partial charge >= 0.3 is 19.8 Å². The molecule has 0 heterocycles. The standard InChI is InChI=1S/C42H81O8P/c1-3-5-7-9-11-13-15-17-19-20-21-23-24-26-28-30-32-34-36-41(43)48-38-40(39-49-51(45,46)47)50-42(44)37-35-33-31-29-27-25-22-18-16-14-12-10-8-6-4-2/h27,29,40H,3-26,28,30-39H2,1-2H3,(H2,45,46,47)/b29-27+/t40-/m1/s1. The van der Waals surface area contributed by atoms with Gasteiger partial charge in [-0.15, -0.1) is 0 Å². The number of esters is 2. The Morgan fingerprint density at radius 1 is 0.490 bits per heavy atom. The second-order valence-corrected chi connectivity index (χ2v) is 15.9. The summed E-state index contributed by atoms with van der Waals surface area (Å²) < 4.78 is 26.4. The lowest BCUT2D eigenvalue weighted by Crippen LogP contribution is -2.29. The van der Waals surface area contributed by atoms with Gasteiger partial charge in [0.1, 0.15) is 6.61 Å². The molecule has 1 atom stereocenters. The average Bonchev–Trinajstić information content (AvgIpc) is 3.10. The molecule has 0 aromatic carbocycles. The van der Waals surface area contributed by atoms with Crippen LogP contribution >= 0.6 is 7.82 Å². The largest absolute Gasteiger partial charge is 0.469 e. The highest BCUT2D eigenvalue weighted by Gasteiger charge is 2.22. The molecule has 0 aliphatic rings. The predicted octanol–water partition coefficient (Wildman–Crippen LogP) is 13.0.